The highest BCUT2D eigenvalue weighted by Gasteiger charge is 2.19. The third kappa shape index (κ3) is 2.30. The number of nitrogen functional groups attached to an aromatic ring is 1. The largest absolute Gasteiger partial charge is 0.398 e. The van der Waals surface area contributed by atoms with E-state index in [-0.39, 0.29) is 4.90 Å². The molecule has 0 saturated carbocycles. The number of rotatable bonds is 3. The molecule has 84 valence electrons. The molecular weight excluding hydrogens is 212 g/mol. The topological polar surface area (TPSA) is 72.2 Å². The lowest BCUT2D eigenvalue weighted by Gasteiger charge is -2.12. The van der Waals surface area contributed by atoms with Gasteiger partial charge in [0, 0.05) is 6.54 Å². The molecule has 1 aromatic rings. The van der Waals surface area contributed by atoms with Crippen molar-refractivity contribution < 1.29 is 8.42 Å². The van der Waals surface area contributed by atoms with Gasteiger partial charge in [-0.05, 0) is 31.0 Å². The Bertz CT molecular complexity index is 467. The Labute approximate surface area is 90.5 Å². The summed E-state index contributed by atoms with van der Waals surface area (Å²) in [5, 5.41) is 0. The summed E-state index contributed by atoms with van der Waals surface area (Å²) in [6.07, 6.45) is 0. The molecule has 1 aromatic carbocycles. The lowest BCUT2D eigenvalue weighted by molar-refractivity contribution is 0.583. The standard InChI is InChI=1S/C10H16N2O2S/c1-4-12-15(13,14)10-8(3)7(2)5-6-9(10)11/h5-6,12H,4,11H2,1-3H3. The zero-order valence-corrected chi connectivity index (χ0v) is 9.98. The molecule has 0 aromatic heterocycles. The molecule has 0 aliphatic heterocycles. The molecule has 0 radical (unpaired) electrons. The molecule has 0 aliphatic carbocycles. The van der Waals surface area contributed by atoms with E-state index < -0.39 is 10.0 Å². The van der Waals surface area contributed by atoms with Crippen molar-refractivity contribution in [1.29, 1.82) is 0 Å². The number of hydrogen-bond acceptors (Lipinski definition) is 3. The van der Waals surface area contributed by atoms with Crippen LogP contribution in [0.5, 0.6) is 0 Å². The zero-order valence-electron chi connectivity index (χ0n) is 9.16. The van der Waals surface area contributed by atoms with Crippen molar-refractivity contribution in [1.82, 2.24) is 4.72 Å². The second-order valence-corrected chi connectivity index (χ2v) is 5.13. The molecule has 0 bridgehead atoms. The van der Waals surface area contributed by atoms with Crippen molar-refractivity contribution in [3.8, 4) is 0 Å². The summed E-state index contributed by atoms with van der Waals surface area (Å²) < 4.78 is 26.1. The monoisotopic (exact) mass is 228 g/mol. The number of sulfonamides is 1. The molecule has 0 fully saturated rings. The second kappa shape index (κ2) is 4.20. The van der Waals surface area contributed by atoms with Gasteiger partial charge in [0.25, 0.3) is 0 Å². The van der Waals surface area contributed by atoms with Crippen LogP contribution in [-0.2, 0) is 10.0 Å². The maximum atomic E-state index is 11.8. The summed E-state index contributed by atoms with van der Waals surface area (Å²) in [4.78, 5) is 0.198. The fraction of sp³-hybridized carbons (Fsp3) is 0.400. The molecule has 3 N–H and O–H groups in total. The highest BCUT2D eigenvalue weighted by molar-refractivity contribution is 7.89. The van der Waals surface area contributed by atoms with Gasteiger partial charge in [-0.1, -0.05) is 13.0 Å². The third-order valence-corrected chi connectivity index (χ3v) is 4.06. The Hall–Kier alpha value is -1.07. The predicted molar refractivity (Wildman–Crippen MR) is 61.2 cm³/mol. The van der Waals surface area contributed by atoms with Gasteiger partial charge in [-0.15, -0.1) is 0 Å². The first kappa shape index (κ1) is 12.0. The Kier molecular flexibility index (Phi) is 3.36. The number of anilines is 1. The van der Waals surface area contributed by atoms with Gasteiger partial charge in [0.2, 0.25) is 10.0 Å². The van der Waals surface area contributed by atoms with Crippen molar-refractivity contribution in [2.45, 2.75) is 25.7 Å². The summed E-state index contributed by atoms with van der Waals surface area (Å²) in [5.74, 6) is 0. The average Bonchev–Trinajstić information content (AvgIpc) is 2.11. The molecule has 1 rings (SSSR count). The normalized spacial score (nSPS) is 11.7. The lowest BCUT2D eigenvalue weighted by Crippen LogP contribution is -2.25. The van der Waals surface area contributed by atoms with Crippen LogP contribution in [0.15, 0.2) is 17.0 Å². The van der Waals surface area contributed by atoms with Gasteiger partial charge in [0.1, 0.15) is 4.90 Å². The Balaban J connectivity index is 3.43. The van der Waals surface area contributed by atoms with Gasteiger partial charge in [0.15, 0.2) is 0 Å². The van der Waals surface area contributed by atoms with Crippen LogP contribution in [0, 0.1) is 13.8 Å². The first-order chi connectivity index (χ1) is 6.90. The first-order valence-electron chi connectivity index (χ1n) is 4.75. The molecule has 15 heavy (non-hydrogen) atoms. The van der Waals surface area contributed by atoms with E-state index in [9.17, 15) is 8.42 Å². The Morgan fingerprint density at radius 2 is 1.93 bits per heavy atom. The number of benzene rings is 1. The summed E-state index contributed by atoms with van der Waals surface area (Å²) >= 11 is 0. The molecular formula is C10H16N2O2S. The van der Waals surface area contributed by atoms with Gasteiger partial charge >= 0.3 is 0 Å². The van der Waals surface area contributed by atoms with Gasteiger partial charge in [-0.25, -0.2) is 13.1 Å². The van der Waals surface area contributed by atoms with Gasteiger partial charge < -0.3 is 5.73 Å². The number of nitrogens with one attached hydrogen (secondary N) is 1. The SMILES string of the molecule is CCNS(=O)(=O)c1c(N)ccc(C)c1C. The fourth-order valence-electron chi connectivity index (χ4n) is 1.43. The van der Waals surface area contributed by atoms with Gasteiger partial charge in [-0.3, -0.25) is 0 Å². The molecule has 0 unspecified atom stereocenters. The molecule has 0 spiro atoms. The number of hydrogen-bond donors (Lipinski definition) is 2. The van der Waals surface area contributed by atoms with E-state index in [1.54, 1.807) is 19.9 Å². The van der Waals surface area contributed by atoms with Crippen molar-refractivity contribution in [3.05, 3.63) is 23.3 Å². The van der Waals surface area contributed by atoms with Crippen LogP contribution in [0.25, 0.3) is 0 Å². The second-order valence-electron chi connectivity index (χ2n) is 3.43. The minimum Gasteiger partial charge on any atom is -0.398 e. The highest BCUT2D eigenvalue weighted by Crippen LogP contribution is 2.24. The van der Waals surface area contributed by atoms with Crippen molar-refractivity contribution >= 4 is 15.7 Å². The molecule has 0 heterocycles. The lowest BCUT2D eigenvalue weighted by atomic mass is 10.1. The maximum absolute atomic E-state index is 11.8. The Morgan fingerprint density at radius 1 is 1.33 bits per heavy atom. The van der Waals surface area contributed by atoms with Crippen LogP contribution in [0.4, 0.5) is 5.69 Å². The van der Waals surface area contributed by atoms with Crippen LogP contribution >= 0.6 is 0 Å². The van der Waals surface area contributed by atoms with Crippen molar-refractivity contribution in [2.75, 3.05) is 12.3 Å². The third-order valence-electron chi connectivity index (χ3n) is 2.31. The van der Waals surface area contributed by atoms with Crippen molar-refractivity contribution in [3.63, 3.8) is 0 Å². The number of aryl methyl sites for hydroxylation is 1. The zero-order chi connectivity index (χ0) is 11.6. The van der Waals surface area contributed by atoms with Crippen LogP contribution in [0.3, 0.4) is 0 Å². The molecule has 5 heteroatoms. The summed E-state index contributed by atoms with van der Waals surface area (Å²) in [6.45, 7) is 5.71. The molecule has 0 amide bonds. The van der Waals surface area contributed by atoms with Crippen LogP contribution in [0.2, 0.25) is 0 Å². The Morgan fingerprint density at radius 3 is 2.47 bits per heavy atom. The van der Waals surface area contributed by atoms with E-state index in [1.807, 2.05) is 13.0 Å². The molecule has 0 aliphatic rings. The van der Waals surface area contributed by atoms with E-state index >= 15 is 0 Å². The summed E-state index contributed by atoms with van der Waals surface area (Å²) in [6, 6.07) is 3.43. The minimum atomic E-state index is -3.47. The van der Waals surface area contributed by atoms with Crippen LogP contribution in [-0.4, -0.2) is 15.0 Å². The first-order valence-corrected chi connectivity index (χ1v) is 6.23. The predicted octanol–water partition coefficient (Wildman–Crippen LogP) is 1.18. The van der Waals surface area contributed by atoms with Crippen molar-refractivity contribution in [2.24, 2.45) is 0 Å². The van der Waals surface area contributed by atoms with E-state index in [4.69, 9.17) is 5.73 Å². The smallest absolute Gasteiger partial charge is 0.242 e. The summed E-state index contributed by atoms with van der Waals surface area (Å²) in [5.41, 5.74) is 7.60. The van der Waals surface area contributed by atoms with E-state index in [2.05, 4.69) is 4.72 Å². The molecule has 0 saturated heterocycles. The minimum absolute atomic E-state index is 0.198. The fourth-order valence-corrected chi connectivity index (χ4v) is 2.90. The van der Waals surface area contributed by atoms with E-state index in [0.29, 0.717) is 17.8 Å². The van der Waals surface area contributed by atoms with E-state index in [0.717, 1.165) is 5.56 Å². The molecule has 4 nitrogen and oxygen atoms in total. The number of nitrogens with two attached hydrogens (primary N) is 1. The van der Waals surface area contributed by atoms with Gasteiger partial charge in [-0.2, -0.15) is 0 Å². The van der Waals surface area contributed by atoms with E-state index in [1.165, 1.54) is 0 Å². The highest BCUT2D eigenvalue weighted by atomic mass is 32.2. The van der Waals surface area contributed by atoms with Gasteiger partial charge in [0.05, 0.1) is 5.69 Å². The van der Waals surface area contributed by atoms with Crippen LogP contribution < -0.4 is 10.5 Å². The average molecular weight is 228 g/mol. The van der Waals surface area contributed by atoms with Crippen LogP contribution in [0.1, 0.15) is 18.1 Å². The maximum Gasteiger partial charge on any atom is 0.242 e. The summed E-state index contributed by atoms with van der Waals surface area (Å²) in [7, 11) is -3.47. The molecule has 0 atom stereocenters. The quantitative estimate of drug-likeness (QED) is 0.763.